The molecule has 3 rings (SSSR count). The van der Waals surface area contributed by atoms with Gasteiger partial charge in [-0.3, -0.25) is 4.79 Å². The minimum absolute atomic E-state index is 0.00631. The lowest BCUT2D eigenvalue weighted by Crippen LogP contribution is -2.54. The number of aromatic amines is 1. The largest absolute Gasteiger partial charge is 0.490 e. The molecule has 4 N–H and O–H groups in total. The molecule has 7 heteroatoms. The lowest BCUT2D eigenvalue weighted by Gasteiger charge is -2.44. The maximum absolute atomic E-state index is 11.8. The molecule has 1 heterocycles. The van der Waals surface area contributed by atoms with Gasteiger partial charge in [0.15, 0.2) is 0 Å². The van der Waals surface area contributed by atoms with Gasteiger partial charge in [-0.15, -0.1) is 0 Å². The summed E-state index contributed by atoms with van der Waals surface area (Å²) >= 11 is 3.22. The van der Waals surface area contributed by atoms with Crippen LogP contribution in [0.1, 0.15) is 46.5 Å². The fourth-order valence-electron chi connectivity index (χ4n) is 4.44. The van der Waals surface area contributed by atoms with Crippen LogP contribution < -0.4 is 15.4 Å². The first-order chi connectivity index (χ1) is 14.2. The Hall–Kier alpha value is -1.57. The highest BCUT2D eigenvalue weighted by Gasteiger charge is 2.38. The molecular weight excluding hydrogens is 446 g/mol. The van der Waals surface area contributed by atoms with Crippen molar-refractivity contribution in [1.82, 2.24) is 15.6 Å². The van der Waals surface area contributed by atoms with E-state index in [4.69, 9.17) is 4.74 Å². The number of benzene rings is 1. The van der Waals surface area contributed by atoms with E-state index in [1.165, 1.54) is 0 Å². The summed E-state index contributed by atoms with van der Waals surface area (Å²) in [6.45, 7) is 7.19. The highest BCUT2D eigenvalue weighted by molar-refractivity contribution is 9.09. The van der Waals surface area contributed by atoms with Crippen LogP contribution in [0.2, 0.25) is 0 Å². The van der Waals surface area contributed by atoms with Gasteiger partial charge in [-0.1, -0.05) is 22.0 Å². The third-order valence-corrected chi connectivity index (χ3v) is 6.95. The second-order valence-electron chi connectivity index (χ2n) is 9.28. The Morgan fingerprint density at radius 2 is 2.10 bits per heavy atom. The number of halogens is 1. The smallest absolute Gasteiger partial charge is 0.231 e. The fraction of sp³-hybridized carbons (Fsp3) is 0.609. The zero-order chi connectivity index (χ0) is 21.8. The molecule has 2 aromatic rings. The molecule has 0 radical (unpaired) electrons. The van der Waals surface area contributed by atoms with Gasteiger partial charge in [0.25, 0.3) is 0 Å². The molecule has 1 fully saturated rings. The van der Waals surface area contributed by atoms with Gasteiger partial charge in [0, 0.05) is 34.7 Å². The molecule has 30 heavy (non-hydrogen) atoms. The van der Waals surface area contributed by atoms with Gasteiger partial charge in [0.2, 0.25) is 5.91 Å². The van der Waals surface area contributed by atoms with E-state index in [2.05, 4.69) is 52.3 Å². The van der Waals surface area contributed by atoms with Crippen LogP contribution >= 0.6 is 15.9 Å². The van der Waals surface area contributed by atoms with E-state index >= 15 is 0 Å². The first-order valence-electron chi connectivity index (χ1n) is 10.7. The Morgan fingerprint density at radius 1 is 1.37 bits per heavy atom. The number of nitrogens with one attached hydrogen (secondary N) is 3. The summed E-state index contributed by atoms with van der Waals surface area (Å²) in [6, 6.07) is 7.86. The van der Waals surface area contributed by atoms with Gasteiger partial charge in [-0.25, -0.2) is 0 Å². The van der Waals surface area contributed by atoms with E-state index in [0.29, 0.717) is 17.8 Å². The SMILES string of the molecule is CC1(NC[C@@H](O)COc2cccc3[nH]ccc23)CCC(C(C)(C)NC(=O)CBr)CC1. The molecule has 1 aromatic heterocycles. The number of aliphatic hydroxyl groups excluding tert-OH is 1. The summed E-state index contributed by atoms with van der Waals surface area (Å²) in [4.78, 5) is 15.0. The van der Waals surface area contributed by atoms with Gasteiger partial charge in [0.05, 0.1) is 5.33 Å². The number of aromatic nitrogens is 1. The summed E-state index contributed by atoms with van der Waals surface area (Å²) in [6.07, 6.45) is 5.42. The number of ether oxygens (including phenoxy) is 1. The monoisotopic (exact) mass is 479 g/mol. The number of carbonyl (C=O) groups excluding carboxylic acids is 1. The molecule has 6 nitrogen and oxygen atoms in total. The highest BCUT2D eigenvalue weighted by Crippen LogP contribution is 2.37. The summed E-state index contributed by atoms with van der Waals surface area (Å²) < 4.78 is 5.87. The van der Waals surface area contributed by atoms with Crippen LogP contribution in [-0.4, -0.2) is 51.7 Å². The van der Waals surface area contributed by atoms with E-state index in [-0.39, 0.29) is 23.6 Å². The summed E-state index contributed by atoms with van der Waals surface area (Å²) in [5.74, 6) is 1.27. The van der Waals surface area contributed by atoms with Crippen LogP contribution in [0.25, 0.3) is 10.9 Å². The van der Waals surface area contributed by atoms with Crippen molar-refractivity contribution < 1.29 is 14.6 Å². The molecule has 1 aromatic carbocycles. The molecule has 1 aliphatic rings. The molecule has 0 bridgehead atoms. The van der Waals surface area contributed by atoms with E-state index in [9.17, 15) is 9.90 Å². The quantitative estimate of drug-likeness (QED) is 0.412. The molecule has 0 saturated heterocycles. The van der Waals surface area contributed by atoms with Crippen LogP contribution in [0.4, 0.5) is 0 Å². The van der Waals surface area contributed by atoms with Crippen molar-refractivity contribution in [3.8, 4) is 5.75 Å². The lowest BCUT2D eigenvalue weighted by atomic mass is 9.70. The third-order valence-electron chi connectivity index (χ3n) is 6.44. The average Bonchev–Trinajstić information content (AvgIpc) is 3.20. The van der Waals surface area contributed by atoms with Crippen molar-refractivity contribution in [3.63, 3.8) is 0 Å². The molecule has 1 amide bonds. The van der Waals surface area contributed by atoms with Crippen LogP contribution in [0.3, 0.4) is 0 Å². The number of aliphatic hydroxyl groups is 1. The zero-order valence-electron chi connectivity index (χ0n) is 18.1. The summed E-state index contributed by atoms with van der Waals surface area (Å²) in [5, 5.41) is 18.5. The third kappa shape index (κ3) is 5.77. The number of β-amino-alcohol motifs (C(OH)–C–C–N with tert-alkyl or cyclic N) is 1. The van der Waals surface area contributed by atoms with E-state index < -0.39 is 6.10 Å². The molecule has 1 saturated carbocycles. The molecule has 0 spiro atoms. The average molecular weight is 480 g/mol. The normalized spacial score (nSPS) is 23.3. The van der Waals surface area contributed by atoms with Gasteiger partial charge in [-0.05, 0) is 70.6 Å². The minimum Gasteiger partial charge on any atom is -0.490 e. The van der Waals surface area contributed by atoms with Crippen LogP contribution in [0, 0.1) is 5.92 Å². The number of rotatable bonds is 9. The van der Waals surface area contributed by atoms with Crippen LogP contribution in [0.15, 0.2) is 30.5 Å². The Morgan fingerprint density at radius 3 is 2.80 bits per heavy atom. The Kier molecular flexibility index (Phi) is 7.47. The predicted molar refractivity (Wildman–Crippen MR) is 124 cm³/mol. The maximum Gasteiger partial charge on any atom is 0.231 e. The van der Waals surface area contributed by atoms with Crippen LogP contribution in [-0.2, 0) is 4.79 Å². The van der Waals surface area contributed by atoms with E-state index in [1.807, 2.05) is 30.5 Å². The van der Waals surface area contributed by atoms with E-state index in [0.717, 1.165) is 42.3 Å². The number of alkyl halides is 1. The Balaban J connectivity index is 1.44. The van der Waals surface area contributed by atoms with Crippen molar-refractivity contribution in [2.45, 2.75) is 63.6 Å². The summed E-state index contributed by atoms with van der Waals surface area (Å²) in [5.41, 5.74) is 0.812. The van der Waals surface area contributed by atoms with Crippen LogP contribution in [0.5, 0.6) is 5.75 Å². The second-order valence-corrected chi connectivity index (χ2v) is 9.84. The van der Waals surface area contributed by atoms with Gasteiger partial charge in [-0.2, -0.15) is 0 Å². The standard InChI is InChI=1S/C23H34BrN3O3/c1-22(2,27-21(29)13-24)16-7-10-23(3,11-8-16)26-14-17(28)15-30-20-6-4-5-19-18(20)9-12-25-19/h4-6,9,12,16-17,25-26,28H,7-8,10-11,13-15H2,1-3H3,(H,27,29)/t16?,17-,23?/m1/s1. The number of hydrogen-bond donors (Lipinski definition) is 4. The maximum atomic E-state index is 11.8. The van der Waals surface area contributed by atoms with Crippen molar-refractivity contribution >= 4 is 32.7 Å². The van der Waals surface area contributed by atoms with Gasteiger partial charge < -0.3 is 25.5 Å². The Labute approximate surface area is 187 Å². The van der Waals surface area contributed by atoms with Crippen molar-refractivity contribution in [2.24, 2.45) is 5.92 Å². The van der Waals surface area contributed by atoms with Gasteiger partial charge >= 0.3 is 0 Å². The van der Waals surface area contributed by atoms with E-state index in [1.54, 1.807) is 0 Å². The molecule has 1 atom stereocenters. The molecular formula is C23H34BrN3O3. The molecule has 1 aliphatic carbocycles. The number of amides is 1. The highest BCUT2D eigenvalue weighted by atomic mass is 79.9. The number of H-pyrrole nitrogens is 1. The zero-order valence-corrected chi connectivity index (χ0v) is 19.7. The number of carbonyl (C=O) groups is 1. The predicted octanol–water partition coefficient (Wildman–Crippen LogP) is 3.74. The lowest BCUT2D eigenvalue weighted by molar-refractivity contribution is -0.120. The number of hydrogen-bond acceptors (Lipinski definition) is 4. The first-order valence-corrected chi connectivity index (χ1v) is 11.8. The molecule has 0 unspecified atom stereocenters. The summed E-state index contributed by atoms with van der Waals surface area (Å²) in [7, 11) is 0. The molecule has 166 valence electrons. The molecule has 0 aliphatic heterocycles. The fourth-order valence-corrected chi connectivity index (χ4v) is 4.58. The number of fused-ring (bicyclic) bond motifs is 1. The topological polar surface area (TPSA) is 86.4 Å². The first kappa shape index (κ1) is 23.1. The van der Waals surface area contributed by atoms with Crippen molar-refractivity contribution in [3.05, 3.63) is 30.5 Å². The van der Waals surface area contributed by atoms with Crippen molar-refractivity contribution in [2.75, 3.05) is 18.5 Å². The second kappa shape index (κ2) is 9.71. The Bertz CT molecular complexity index is 843. The minimum atomic E-state index is -0.580. The van der Waals surface area contributed by atoms with Gasteiger partial charge in [0.1, 0.15) is 18.5 Å². The van der Waals surface area contributed by atoms with Crippen molar-refractivity contribution in [1.29, 1.82) is 0 Å².